The topological polar surface area (TPSA) is 42.2 Å². The Labute approximate surface area is 119 Å². The van der Waals surface area contributed by atoms with E-state index >= 15 is 0 Å². The highest BCUT2D eigenvalue weighted by atomic mass is 16.4. The minimum Gasteiger partial charge on any atom is -0.419 e. The molecule has 0 radical (unpaired) electrons. The van der Waals surface area contributed by atoms with Gasteiger partial charge in [0.2, 0.25) is 11.8 Å². The maximum Gasteiger partial charge on any atom is 0.247 e. The van der Waals surface area contributed by atoms with Crippen LogP contribution in [0.25, 0.3) is 11.5 Å². The Morgan fingerprint density at radius 2 is 1.95 bits per heavy atom. The molecule has 1 aromatic carbocycles. The molecule has 1 aromatic heterocycles. The van der Waals surface area contributed by atoms with Gasteiger partial charge in [0.25, 0.3) is 0 Å². The van der Waals surface area contributed by atoms with Crippen LogP contribution in [0.15, 0.2) is 54.0 Å². The fraction of sp³-hybridized carbons (Fsp3) is 0.250. The number of hydrogen-bond donors (Lipinski definition) is 0. The first-order valence-electron chi connectivity index (χ1n) is 6.56. The Bertz CT molecular complexity index is 579. The molecule has 0 unspecified atom stereocenters. The van der Waals surface area contributed by atoms with Crippen LogP contribution >= 0.6 is 0 Å². The molecule has 0 aliphatic carbocycles. The second kappa shape index (κ2) is 6.82. The van der Waals surface area contributed by atoms with Gasteiger partial charge in [-0.3, -0.25) is 4.90 Å². The largest absolute Gasteiger partial charge is 0.419 e. The molecule has 104 valence electrons. The third kappa shape index (κ3) is 3.65. The van der Waals surface area contributed by atoms with Gasteiger partial charge in [0.05, 0.1) is 6.54 Å². The Hall–Kier alpha value is -2.20. The third-order valence-corrected chi connectivity index (χ3v) is 2.87. The molecular weight excluding hydrogens is 250 g/mol. The maximum absolute atomic E-state index is 5.72. The molecule has 2 aromatic rings. The monoisotopic (exact) mass is 269 g/mol. The standard InChI is InChI=1S/C16H19N3O/c1-4-9-19(10-5-2)12-15-17-18-16(20-15)14-8-6-7-13(3)11-14/h4-8,11H,1-2,9-10,12H2,3H3. The first-order valence-corrected chi connectivity index (χ1v) is 6.56. The van der Waals surface area contributed by atoms with Crippen LogP contribution in [0.3, 0.4) is 0 Å². The molecule has 0 saturated heterocycles. The fourth-order valence-electron chi connectivity index (χ4n) is 1.97. The number of nitrogens with zero attached hydrogens (tertiary/aromatic N) is 3. The molecule has 0 N–H and O–H groups in total. The predicted molar refractivity (Wildman–Crippen MR) is 80.1 cm³/mol. The lowest BCUT2D eigenvalue weighted by atomic mass is 10.1. The second-order valence-electron chi connectivity index (χ2n) is 4.64. The molecule has 0 atom stereocenters. The van der Waals surface area contributed by atoms with E-state index in [2.05, 4.69) is 28.3 Å². The van der Waals surface area contributed by atoms with Crippen LogP contribution in [0.1, 0.15) is 11.5 Å². The van der Waals surface area contributed by atoms with E-state index in [1.165, 1.54) is 5.56 Å². The van der Waals surface area contributed by atoms with Crippen molar-refractivity contribution in [3.05, 3.63) is 61.0 Å². The van der Waals surface area contributed by atoms with Crippen molar-refractivity contribution in [2.45, 2.75) is 13.5 Å². The molecule has 0 spiro atoms. The summed E-state index contributed by atoms with van der Waals surface area (Å²) >= 11 is 0. The quantitative estimate of drug-likeness (QED) is 0.724. The highest BCUT2D eigenvalue weighted by Crippen LogP contribution is 2.19. The van der Waals surface area contributed by atoms with Gasteiger partial charge < -0.3 is 4.42 Å². The average Bonchev–Trinajstić information content (AvgIpc) is 2.88. The van der Waals surface area contributed by atoms with E-state index < -0.39 is 0 Å². The molecule has 0 bridgehead atoms. The van der Waals surface area contributed by atoms with Crippen LogP contribution in [0.2, 0.25) is 0 Å². The normalized spacial score (nSPS) is 10.7. The predicted octanol–water partition coefficient (Wildman–Crippen LogP) is 3.22. The summed E-state index contributed by atoms with van der Waals surface area (Å²) < 4.78 is 5.72. The Morgan fingerprint density at radius 1 is 1.20 bits per heavy atom. The number of benzene rings is 1. The van der Waals surface area contributed by atoms with Crippen LogP contribution in [0.4, 0.5) is 0 Å². The smallest absolute Gasteiger partial charge is 0.247 e. The molecule has 2 rings (SSSR count). The van der Waals surface area contributed by atoms with Crippen molar-refractivity contribution >= 4 is 0 Å². The van der Waals surface area contributed by atoms with E-state index in [4.69, 9.17) is 4.42 Å². The summed E-state index contributed by atoms with van der Waals surface area (Å²) in [5, 5.41) is 8.21. The Morgan fingerprint density at radius 3 is 2.60 bits per heavy atom. The molecule has 1 heterocycles. The molecule has 4 heteroatoms. The zero-order chi connectivity index (χ0) is 14.4. The molecule has 4 nitrogen and oxygen atoms in total. The minimum atomic E-state index is 0.556. The van der Waals surface area contributed by atoms with E-state index in [1.54, 1.807) is 0 Å². The van der Waals surface area contributed by atoms with Gasteiger partial charge in [-0.15, -0.1) is 23.4 Å². The first kappa shape index (κ1) is 14.2. The van der Waals surface area contributed by atoms with E-state index in [1.807, 2.05) is 43.3 Å². The fourth-order valence-corrected chi connectivity index (χ4v) is 1.97. The lowest BCUT2D eigenvalue weighted by Crippen LogP contribution is -2.23. The molecule has 0 aliphatic rings. The number of aryl methyl sites for hydroxylation is 1. The third-order valence-electron chi connectivity index (χ3n) is 2.87. The molecule has 20 heavy (non-hydrogen) atoms. The number of aromatic nitrogens is 2. The molecule has 0 amide bonds. The van der Waals surface area contributed by atoms with Gasteiger partial charge in [-0.1, -0.05) is 29.8 Å². The second-order valence-corrected chi connectivity index (χ2v) is 4.64. The van der Waals surface area contributed by atoms with Gasteiger partial charge in [0.15, 0.2) is 0 Å². The van der Waals surface area contributed by atoms with Gasteiger partial charge in [-0.25, -0.2) is 0 Å². The van der Waals surface area contributed by atoms with Gasteiger partial charge >= 0.3 is 0 Å². The lowest BCUT2D eigenvalue weighted by Gasteiger charge is -2.15. The minimum absolute atomic E-state index is 0.556. The summed E-state index contributed by atoms with van der Waals surface area (Å²) in [6, 6.07) is 8.02. The molecule has 0 fully saturated rings. The highest BCUT2D eigenvalue weighted by molar-refractivity contribution is 5.53. The van der Waals surface area contributed by atoms with Crippen molar-refractivity contribution < 1.29 is 4.42 Å². The zero-order valence-corrected chi connectivity index (χ0v) is 11.7. The van der Waals surface area contributed by atoms with Crippen LogP contribution in [-0.4, -0.2) is 28.2 Å². The van der Waals surface area contributed by atoms with Gasteiger partial charge in [0, 0.05) is 18.7 Å². The number of hydrogen-bond acceptors (Lipinski definition) is 4. The maximum atomic E-state index is 5.72. The van der Waals surface area contributed by atoms with E-state index in [9.17, 15) is 0 Å². The highest BCUT2D eigenvalue weighted by Gasteiger charge is 2.11. The van der Waals surface area contributed by atoms with E-state index in [-0.39, 0.29) is 0 Å². The molecular formula is C16H19N3O. The van der Waals surface area contributed by atoms with Crippen molar-refractivity contribution in [2.24, 2.45) is 0 Å². The first-order chi connectivity index (χ1) is 9.72. The summed E-state index contributed by atoms with van der Waals surface area (Å²) in [4.78, 5) is 2.12. The SMILES string of the molecule is C=CCN(CC=C)Cc1nnc(-c2cccc(C)c2)o1. The summed E-state index contributed by atoms with van der Waals surface area (Å²) in [7, 11) is 0. The van der Waals surface area contributed by atoms with Crippen molar-refractivity contribution in [1.29, 1.82) is 0 Å². The van der Waals surface area contributed by atoms with Crippen LogP contribution in [0, 0.1) is 6.92 Å². The molecule has 0 aliphatic heterocycles. The lowest BCUT2D eigenvalue weighted by molar-refractivity contribution is 0.289. The van der Waals surface area contributed by atoms with Crippen LogP contribution < -0.4 is 0 Å². The summed E-state index contributed by atoms with van der Waals surface area (Å²) in [5.41, 5.74) is 2.12. The van der Waals surface area contributed by atoms with E-state index in [0.717, 1.165) is 18.7 Å². The summed E-state index contributed by atoms with van der Waals surface area (Å²) in [6.45, 7) is 11.6. The molecule has 0 saturated carbocycles. The van der Waals surface area contributed by atoms with Crippen molar-refractivity contribution in [2.75, 3.05) is 13.1 Å². The zero-order valence-electron chi connectivity index (χ0n) is 11.7. The van der Waals surface area contributed by atoms with E-state index in [0.29, 0.717) is 18.3 Å². The van der Waals surface area contributed by atoms with Crippen LogP contribution in [0.5, 0.6) is 0 Å². The van der Waals surface area contributed by atoms with Crippen LogP contribution in [-0.2, 0) is 6.54 Å². The Balaban J connectivity index is 2.12. The summed E-state index contributed by atoms with van der Waals surface area (Å²) in [5.74, 6) is 1.16. The van der Waals surface area contributed by atoms with Crippen molar-refractivity contribution in [3.8, 4) is 11.5 Å². The van der Waals surface area contributed by atoms with Gasteiger partial charge in [0.1, 0.15) is 0 Å². The van der Waals surface area contributed by atoms with Crippen molar-refractivity contribution in [3.63, 3.8) is 0 Å². The van der Waals surface area contributed by atoms with Gasteiger partial charge in [-0.05, 0) is 19.1 Å². The van der Waals surface area contributed by atoms with Crippen molar-refractivity contribution in [1.82, 2.24) is 15.1 Å². The number of rotatable bonds is 7. The van der Waals surface area contributed by atoms with Gasteiger partial charge in [-0.2, -0.15) is 0 Å². The Kier molecular flexibility index (Phi) is 4.85. The average molecular weight is 269 g/mol. The summed E-state index contributed by atoms with van der Waals surface area (Å²) in [6.07, 6.45) is 3.70.